The van der Waals surface area contributed by atoms with Gasteiger partial charge in [-0.05, 0) is 68.7 Å². The number of aliphatic imine (C=N–C) groups is 1. The average Bonchev–Trinajstić information content (AvgIpc) is 3.50. The van der Waals surface area contributed by atoms with E-state index in [2.05, 4.69) is 46.5 Å². The third-order valence-corrected chi connectivity index (χ3v) is 8.97. The zero-order chi connectivity index (χ0) is 32.1. The van der Waals surface area contributed by atoms with Crippen molar-refractivity contribution in [2.75, 3.05) is 18.4 Å². The molecule has 46 heavy (non-hydrogen) atoms. The summed E-state index contributed by atoms with van der Waals surface area (Å²) in [4.78, 5) is 32.0. The number of amides is 2. The van der Waals surface area contributed by atoms with E-state index >= 15 is 0 Å². The summed E-state index contributed by atoms with van der Waals surface area (Å²) >= 11 is 7.85. The molecule has 0 fully saturated rings. The molecule has 0 saturated carbocycles. The van der Waals surface area contributed by atoms with Crippen LogP contribution in [0.2, 0.25) is 5.02 Å². The number of carbonyl (C=O) groups is 2. The Hall–Kier alpha value is -4.05. The van der Waals surface area contributed by atoms with Gasteiger partial charge in [0.1, 0.15) is 16.9 Å². The molecule has 2 amide bonds. The van der Waals surface area contributed by atoms with Gasteiger partial charge in [0.05, 0.1) is 25.3 Å². The number of nitrogens with one attached hydrogen (secondary N) is 2. The van der Waals surface area contributed by atoms with Gasteiger partial charge in [-0.3, -0.25) is 19.1 Å². The van der Waals surface area contributed by atoms with Gasteiger partial charge >= 0.3 is 0 Å². The zero-order valence-corrected chi connectivity index (χ0v) is 28.1. The molecule has 5 rings (SSSR count). The lowest BCUT2D eigenvalue weighted by Gasteiger charge is -2.13. The van der Waals surface area contributed by atoms with Gasteiger partial charge in [-0.25, -0.2) is 0 Å². The molecule has 240 valence electrons. The number of thiophene rings is 1. The van der Waals surface area contributed by atoms with E-state index in [1.165, 1.54) is 4.88 Å². The number of anilines is 1. The standard InChI is InChI=1S/C33H34ClN7O3S.ClH/c1-19-20(2)45-33-30(19)31(23-8-11-25(34)12-9-23)38-27(32-40-39-21(3)41(32)33)17-29(44)36-15-5-7-28(43)37-26-13-10-22(6-4-14-35)24(16-26)18-42;/h8-13,16,27,42H,5,7,14-15,17-18,35H2,1-3H3,(H,36,44)(H,37,43);1H/t27-;/m0./s1. The Bertz CT molecular complexity index is 1840. The number of fused-ring (bicyclic) bond motifs is 3. The number of benzene rings is 2. The quantitative estimate of drug-likeness (QED) is 0.145. The number of hydrogen-bond acceptors (Lipinski definition) is 8. The monoisotopic (exact) mass is 679 g/mol. The van der Waals surface area contributed by atoms with Gasteiger partial charge in [0.2, 0.25) is 11.8 Å². The van der Waals surface area contributed by atoms with Crippen LogP contribution in [-0.2, 0) is 16.2 Å². The lowest BCUT2D eigenvalue weighted by atomic mass is 9.99. The van der Waals surface area contributed by atoms with Gasteiger partial charge in [0.15, 0.2) is 5.82 Å². The largest absolute Gasteiger partial charge is 0.392 e. The van der Waals surface area contributed by atoms with Crippen LogP contribution in [0.5, 0.6) is 0 Å². The topological polar surface area (TPSA) is 148 Å². The lowest BCUT2D eigenvalue weighted by Crippen LogP contribution is -2.27. The molecule has 2 aromatic heterocycles. The van der Waals surface area contributed by atoms with Crippen molar-refractivity contribution >= 4 is 58.6 Å². The number of aliphatic hydroxyl groups excluding tert-OH is 1. The minimum atomic E-state index is -0.572. The molecule has 0 bridgehead atoms. The van der Waals surface area contributed by atoms with E-state index in [1.54, 1.807) is 29.5 Å². The Balaban J connectivity index is 0.00000480. The SMILES string of the molecule is Cc1sc2c(c1C)C(c1ccc(Cl)cc1)=N[C@@H](CC(=O)NCCCC(=O)Nc1ccc(C#CCN)c(CO)c1)c1nnc(C)n1-2.Cl. The first kappa shape index (κ1) is 34.8. The summed E-state index contributed by atoms with van der Waals surface area (Å²) in [6.07, 6.45) is 0.718. The first-order valence-electron chi connectivity index (χ1n) is 14.6. The van der Waals surface area contributed by atoms with Crippen molar-refractivity contribution in [1.82, 2.24) is 20.1 Å². The molecule has 0 spiro atoms. The molecule has 0 radical (unpaired) electrons. The number of halogens is 2. The molecule has 5 N–H and O–H groups in total. The van der Waals surface area contributed by atoms with Crippen LogP contribution in [0.1, 0.15) is 69.6 Å². The maximum Gasteiger partial charge on any atom is 0.224 e. The van der Waals surface area contributed by atoms with Crippen molar-refractivity contribution < 1.29 is 14.7 Å². The second-order valence-corrected chi connectivity index (χ2v) is 12.3. The van der Waals surface area contributed by atoms with Gasteiger partial charge in [-0.2, -0.15) is 0 Å². The number of nitrogens with two attached hydrogens (primary N) is 1. The molecule has 3 heterocycles. The van der Waals surface area contributed by atoms with Crippen LogP contribution in [0.15, 0.2) is 47.5 Å². The number of aliphatic hydroxyl groups is 1. The van der Waals surface area contributed by atoms with Crippen LogP contribution >= 0.6 is 35.3 Å². The lowest BCUT2D eigenvalue weighted by molar-refractivity contribution is -0.122. The average molecular weight is 681 g/mol. The van der Waals surface area contributed by atoms with Crippen LogP contribution in [0.3, 0.4) is 0 Å². The number of nitrogens with zero attached hydrogens (tertiary/aromatic N) is 4. The minimum Gasteiger partial charge on any atom is -0.392 e. The van der Waals surface area contributed by atoms with Crippen molar-refractivity contribution in [3.8, 4) is 16.8 Å². The molecular formula is C33H35Cl2N7O3S. The van der Waals surface area contributed by atoms with E-state index < -0.39 is 6.04 Å². The summed E-state index contributed by atoms with van der Waals surface area (Å²) in [5.41, 5.74) is 11.1. The second kappa shape index (κ2) is 15.5. The van der Waals surface area contributed by atoms with Gasteiger partial charge in [0, 0.05) is 45.2 Å². The van der Waals surface area contributed by atoms with Gasteiger partial charge in [-0.15, -0.1) is 33.9 Å². The molecule has 10 nitrogen and oxygen atoms in total. The van der Waals surface area contributed by atoms with E-state index in [4.69, 9.17) is 22.3 Å². The molecule has 1 atom stereocenters. The molecule has 0 unspecified atom stereocenters. The van der Waals surface area contributed by atoms with E-state index in [-0.39, 0.29) is 50.2 Å². The summed E-state index contributed by atoms with van der Waals surface area (Å²) in [5.74, 6) is 6.60. The highest BCUT2D eigenvalue weighted by Crippen LogP contribution is 2.39. The fourth-order valence-corrected chi connectivity index (χ4v) is 6.49. The summed E-state index contributed by atoms with van der Waals surface area (Å²) in [6.45, 7) is 6.39. The zero-order valence-electron chi connectivity index (χ0n) is 25.7. The fraction of sp³-hybridized carbons (Fsp3) is 0.303. The van der Waals surface area contributed by atoms with Crippen molar-refractivity contribution in [2.45, 2.75) is 52.7 Å². The summed E-state index contributed by atoms with van der Waals surface area (Å²) in [5, 5.41) is 25.8. The Morgan fingerprint density at radius 1 is 1.11 bits per heavy atom. The van der Waals surface area contributed by atoms with E-state index in [0.717, 1.165) is 33.2 Å². The van der Waals surface area contributed by atoms with Crippen LogP contribution < -0.4 is 16.4 Å². The van der Waals surface area contributed by atoms with E-state index in [9.17, 15) is 14.7 Å². The Morgan fingerprint density at radius 2 is 1.87 bits per heavy atom. The van der Waals surface area contributed by atoms with Gasteiger partial charge < -0.3 is 21.5 Å². The van der Waals surface area contributed by atoms with Gasteiger partial charge in [-0.1, -0.05) is 35.6 Å². The molecule has 4 aromatic rings. The number of carbonyl (C=O) groups excluding carboxylic acids is 2. The fourth-order valence-electron chi connectivity index (χ4n) is 5.15. The van der Waals surface area contributed by atoms with Gasteiger partial charge in [0.25, 0.3) is 0 Å². The predicted octanol–water partition coefficient (Wildman–Crippen LogP) is 4.95. The number of hydrogen-bond donors (Lipinski definition) is 4. The highest BCUT2D eigenvalue weighted by Gasteiger charge is 2.32. The molecule has 13 heteroatoms. The number of aromatic nitrogens is 3. The first-order valence-corrected chi connectivity index (χ1v) is 15.7. The Morgan fingerprint density at radius 3 is 2.59 bits per heavy atom. The maximum absolute atomic E-state index is 13.2. The molecule has 0 saturated heterocycles. The van der Waals surface area contributed by atoms with Crippen molar-refractivity contribution in [2.24, 2.45) is 10.7 Å². The Labute approximate surface area is 282 Å². The number of rotatable bonds is 9. The summed E-state index contributed by atoms with van der Waals surface area (Å²) < 4.78 is 2.01. The van der Waals surface area contributed by atoms with Crippen LogP contribution in [-0.4, -0.2) is 50.5 Å². The molecule has 1 aliphatic heterocycles. The third kappa shape index (κ3) is 7.66. The first-order chi connectivity index (χ1) is 21.7. The van der Waals surface area contributed by atoms with Crippen molar-refractivity contribution in [1.29, 1.82) is 0 Å². The predicted molar refractivity (Wildman–Crippen MR) is 184 cm³/mol. The van der Waals surface area contributed by atoms with Crippen molar-refractivity contribution in [3.63, 3.8) is 0 Å². The van der Waals surface area contributed by atoms with Crippen LogP contribution in [0, 0.1) is 32.6 Å². The van der Waals surface area contributed by atoms with E-state index in [1.807, 2.05) is 35.8 Å². The highest BCUT2D eigenvalue weighted by molar-refractivity contribution is 7.15. The minimum absolute atomic E-state index is 0. The number of aryl methyl sites for hydroxylation is 2. The summed E-state index contributed by atoms with van der Waals surface area (Å²) in [6, 6.07) is 12.1. The summed E-state index contributed by atoms with van der Waals surface area (Å²) in [7, 11) is 0. The third-order valence-electron chi connectivity index (χ3n) is 7.52. The molecular weight excluding hydrogens is 645 g/mol. The molecule has 0 aliphatic carbocycles. The molecule has 2 aromatic carbocycles. The highest BCUT2D eigenvalue weighted by atomic mass is 35.5. The Kier molecular flexibility index (Phi) is 11.7. The smallest absolute Gasteiger partial charge is 0.224 e. The van der Waals surface area contributed by atoms with Crippen molar-refractivity contribution in [3.05, 3.63) is 91.8 Å². The maximum atomic E-state index is 13.2. The van der Waals surface area contributed by atoms with Crippen LogP contribution in [0.4, 0.5) is 5.69 Å². The normalized spacial score (nSPS) is 13.3. The molecule has 1 aliphatic rings. The second-order valence-electron chi connectivity index (χ2n) is 10.6. The van der Waals surface area contributed by atoms with Crippen LogP contribution in [0.25, 0.3) is 5.00 Å². The van der Waals surface area contributed by atoms with E-state index in [0.29, 0.717) is 40.6 Å².